The van der Waals surface area contributed by atoms with Crippen LogP contribution >= 0.6 is 0 Å². The van der Waals surface area contributed by atoms with Crippen molar-refractivity contribution in [3.63, 3.8) is 0 Å². The van der Waals surface area contributed by atoms with Crippen LogP contribution in [0.15, 0.2) is 47.6 Å². The number of halogens is 3. The Hall–Kier alpha value is -3.88. The fourth-order valence-corrected chi connectivity index (χ4v) is 7.23. The Morgan fingerprint density at radius 3 is 2.56 bits per heavy atom. The van der Waals surface area contributed by atoms with Crippen molar-refractivity contribution in [3.05, 3.63) is 48.3 Å². The zero-order valence-corrected chi connectivity index (χ0v) is 26.2. The Balaban J connectivity index is 1.30. The number of nitrogens with zero attached hydrogens (tertiary/aromatic N) is 6. The number of nitrogens with one attached hydrogen (secondary N) is 1. The van der Waals surface area contributed by atoms with E-state index in [-0.39, 0.29) is 42.2 Å². The first-order chi connectivity index (χ1) is 21.2. The van der Waals surface area contributed by atoms with Crippen LogP contribution in [0.25, 0.3) is 5.82 Å². The van der Waals surface area contributed by atoms with Gasteiger partial charge in [-0.1, -0.05) is 0 Å². The van der Waals surface area contributed by atoms with Gasteiger partial charge in [0.05, 0.1) is 17.6 Å². The molecule has 0 radical (unpaired) electrons. The Morgan fingerprint density at radius 1 is 1.11 bits per heavy atom. The van der Waals surface area contributed by atoms with E-state index in [4.69, 9.17) is 9.72 Å². The zero-order chi connectivity index (χ0) is 32.2. The Labute approximate surface area is 259 Å². The van der Waals surface area contributed by atoms with Crippen LogP contribution in [0.4, 0.5) is 24.8 Å². The molecule has 2 fully saturated rings. The normalized spacial score (nSPS) is 22.2. The van der Waals surface area contributed by atoms with E-state index in [0.29, 0.717) is 29.9 Å². The van der Waals surface area contributed by atoms with Crippen LogP contribution in [0.3, 0.4) is 0 Å². The minimum absolute atomic E-state index is 0.0815. The van der Waals surface area contributed by atoms with Crippen LogP contribution in [0, 0.1) is 11.3 Å². The lowest BCUT2D eigenvalue weighted by atomic mass is 9.93. The highest BCUT2D eigenvalue weighted by Gasteiger charge is 2.62. The number of hydrogen-bond acceptors (Lipinski definition) is 9. The maximum Gasteiger partial charge on any atom is 0.394 e. The molecule has 11 nitrogen and oxygen atoms in total. The van der Waals surface area contributed by atoms with Crippen molar-refractivity contribution in [3.8, 4) is 11.7 Å². The van der Waals surface area contributed by atoms with E-state index in [1.165, 1.54) is 35.1 Å². The topological polar surface area (TPSA) is 123 Å². The minimum Gasteiger partial charge on any atom is -0.477 e. The van der Waals surface area contributed by atoms with Crippen molar-refractivity contribution < 1.29 is 31.1 Å². The van der Waals surface area contributed by atoms with Crippen LogP contribution in [0.5, 0.6) is 5.88 Å². The zero-order valence-electron chi connectivity index (χ0n) is 25.3. The van der Waals surface area contributed by atoms with Gasteiger partial charge in [-0.3, -0.25) is 4.79 Å². The second-order valence-corrected chi connectivity index (χ2v) is 14.5. The smallest absolute Gasteiger partial charge is 0.394 e. The second-order valence-electron chi connectivity index (χ2n) is 12.9. The summed E-state index contributed by atoms with van der Waals surface area (Å²) in [6, 6.07) is 7.63. The van der Waals surface area contributed by atoms with Gasteiger partial charge in [-0.15, -0.1) is 5.10 Å². The monoisotopic (exact) mass is 647 g/mol. The molecule has 6 heterocycles. The van der Waals surface area contributed by atoms with Gasteiger partial charge in [0.15, 0.2) is 5.82 Å². The molecule has 242 valence electrons. The van der Waals surface area contributed by atoms with E-state index in [1.807, 2.05) is 16.8 Å². The van der Waals surface area contributed by atoms with Gasteiger partial charge in [-0.05, 0) is 82.6 Å². The molecule has 1 aliphatic carbocycles. The number of carbonyl (C=O) groups excluding carboxylic acids is 1. The number of anilines is 2. The largest absolute Gasteiger partial charge is 0.477 e. The number of alkyl halides is 3. The Bertz CT molecular complexity index is 1690. The fourth-order valence-electron chi connectivity index (χ4n) is 6.32. The summed E-state index contributed by atoms with van der Waals surface area (Å²) in [5.41, 5.74) is -1.98. The van der Waals surface area contributed by atoms with Crippen LogP contribution in [0.1, 0.15) is 62.7 Å². The standard InChI is InChI=1S/C30H36F3N7O4S/c1-28(2)17-20-5-4-14-38(3)23-8-6-21(18-34-23)45(42,43)37-27(41)22-7-9-24(35-26(22)39(28)19-20)40-15-10-25(36-40)44-16-13-29(11-12-29)30(31,32)33/h6-10,15,18,20H,4-5,11-14,16-17,19H2,1-3H3,(H,37,41). The maximum absolute atomic E-state index is 13.6. The fraction of sp³-hybridized carbons (Fsp3) is 0.533. The molecular weight excluding hydrogens is 611 g/mol. The summed E-state index contributed by atoms with van der Waals surface area (Å²) in [7, 11) is -2.33. The summed E-state index contributed by atoms with van der Waals surface area (Å²) >= 11 is 0. The third kappa shape index (κ3) is 6.18. The summed E-state index contributed by atoms with van der Waals surface area (Å²) in [5, 5.41) is 4.35. The van der Waals surface area contributed by atoms with Crippen molar-refractivity contribution in [2.45, 2.75) is 69.0 Å². The number of pyridine rings is 2. The van der Waals surface area contributed by atoms with Gasteiger partial charge in [0.2, 0.25) is 5.88 Å². The molecule has 1 N–H and O–H groups in total. The Morgan fingerprint density at radius 2 is 1.87 bits per heavy atom. The molecule has 1 unspecified atom stereocenters. The highest BCUT2D eigenvalue weighted by Crippen LogP contribution is 2.59. The highest BCUT2D eigenvalue weighted by molar-refractivity contribution is 7.90. The van der Waals surface area contributed by atoms with Gasteiger partial charge >= 0.3 is 6.18 Å². The quantitative estimate of drug-likeness (QED) is 0.419. The molecule has 45 heavy (non-hydrogen) atoms. The van der Waals surface area contributed by atoms with Crippen LogP contribution in [-0.4, -0.2) is 72.5 Å². The van der Waals surface area contributed by atoms with Gasteiger partial charge in [-0.2, -0.15) is 13.2 Å². The number of carbonyl (C=O) groups is 1. The molecule has 3 aliphatic heterocycles. The van der Waals surface area contributed by atoms with E-state index in [0.717, 1.165) is 25.8 Å². The molecule has 4 bridgehead atoms. The van der Waals surface area contributed by atoms with Gasteiger partial charge in [0.1, 0.15) is 16.5 Å². The molecule has 4 aliphatic rings. The van der Waals surface area contributed by atoms with Crippen molar-refractivity contribution in [1.29, 1.82) is 0 Å². The van der Waals surface area contributed by atoms with Gasteiger partial charge in [0.25, 0.3) is 15.9 Å². The predicted octanol–water partition coefficient (Wildman–Crippen LogP) is 4.73. The van der Waals surface area contributed by atoms with E-state index < -0.39 is 33.1 Å². The first-order valence-electron chi connectivity index (χ1n) is 15.0. The molecule has 3 aromatic heterocycles. The van der Waals surface area contributed by atoms with Crippen molar-refractivity contribution in [1.82, 2.24) is 24.5 Å². The van der Waals surface area contributed by atoms with Crippen LogP contribution in [0.2, 0.25) is 0 Å². The lowest BCUT2D eigenvalue weighted by molar-refractivity contribution is -0.190. The van der Waals surface area contributed by atoms with Crippen molar-refractivity contribution in [2.24, 2.45) is 11.3 Å². The molecule has 3 aromatic rings. The number of amides is 1. The number of fused-ring (bicyclic) bond motifs is 7. The third-order valence-corrected chi connectivity index (χ3v) is 10.5. The predicted molar refractivity (Wildman–Crippen MR) is 160 cm³/mol. The molecule has 0 spiro atoms. The summed E-state index contributed by atoms with van der Waals surface area (Å²) in [6.45, 7) is 5.36. The number of rotatable bonds is 5. The van der Waals surface area contributed by atoms with Gasteiger partial charge < -0.3 is 14.5 Å². The van der Waals surface area contributed by atoms with Crippen LogP contribution < -0.4 is 19.3 Å². The molecule has 1 saturated carbocycles. The summed E-state index contributed by atoms with van der Waals surface area (Å²) in [6.07, 6.45) is 1.31. The second kappa shape index (κ2) is 11.2. The Kier molecular flexibility index (Phi) is 7.73. The number of sulfonamides is 1. The third-order valence-electron chi connectivity index (χ3n) is 9.16. The first-order valence-corrected chi connectivity index (χ1v) is 16.4. The summed E-state index contributed by atoms with van der Waals surface area (Å²) in [5.74, 6) is 0.908. The molecule has 1 saturated heterocycles. The van der Waals surface area contributed by atoms with Crippen LogP contribution in [-0.2, 0) is 10.0 Å². The summed E-state index contributed by atoms with van der Waals surface area (Å²) < 4.78 is 75.4. The van der Waals surface area contributed by atoms with Crippen molar-refractivity contribution in [2.75, 3.05) is 36.5 Å². The number of hydrogen-bond donors (Lipinski definition) is 1. The summed E-state index contributed by atoms with van der Waals surface area (Å²) in [4.78, 5) is 26.6. The SMILES string of the molecule is CN1CCCC2CN(c3nc(-n4ccc(OCCC5(C(F)(F)F)CC5)n4)ccc3C(=O)NS(=O)(=O)c3ccc1nc3)C(C)(C)C2. The maximum atomic E-state index is 13.6. The molecule has 0 aromatic carbocycles. The average Bonchev–Trinajstić information content (AvgIpc) is 3.53. The molecule has 7 rings (SSSR count). The van der Waals surface area contributed by atoms with Gasteiger partial charge in [0, 0.05) is 44.1 Å². The minimum atomic E-state index is -4.25. The molecule has 15 heteroatoms. The van der Waals surface area contributed by atoms with E-state index in [9.17, 15) is 26.4 Å². The van der Waals surface area contributed by atoms with Crippen molar-refractivity contribution >= 4 is 27.6 Å². The first kappa shape index (κ1) is 31.1. The van der Waals surface area contributed by atoms with E-state index in [1.54, 1.807) is 12.3 Å². The number of ether oxygens (including phenoxy) is 1. The average molecular weight is 648 g/mol. The highest BCUT2D eigenvalue weighted by atomic mass is 32.2. The molecule has 1 atom stereocenters. The molecule has 1 amide bonds. The van der Waals surface area contributed by atoms with E-state index >= 15 is 0 Å². The lowest BCUT2D eigenvalue weighted by Gasteiger charge is -2.34. The van der Waals surface area contributed by atoms with Gasteiger partial charge in [-0.25, -0.2) is 27.8 Å². The molecular formula is C30H36F3N7O4S. The lowest BCUT2D eigenvalue weighted by Crippen LogP contribution is -2.41. The van der Waals surface area contributed by atoms with E-state index in [2.05, 4.69) is 28.7 Å². The number of aromatic nitrogens is 4.